The van der Waals surface area contributed by atoms with E-state index in [0.29, 0.717) is 0 Å². The van der Waals surface area contributed by atoms with Crippen molar-refractivity contribution >= 4 is 155 Å². The lowest BCUT2D eigenvalue weighted by atomic mass is 9.93. The Kier molecular flexibility index (Phi) is 14.8. The van der Waals surface area contributed by atoms with E-state index in [1.807, 2.05) is 0 Å². The fraction of sp³-hybridized carbons (Fsp3) is 0. The molecule has 0 saturated carbocycles. The molecule has 2 aromatic heterocycles. The molecule has 6 heteroatoms. The number of H-pyrrole nitrogens is 2. The van der Waals surface area contributed by atoms with Crippen molar-refractivity contribution in [2.75, 3.05) is 19.6 Å². The van der Waals surface area contributed by atoms with Crippen LogP contribution in [0.5, 0.6) is 0 Å². The summed E-state index contributed by atoms with van der Waals surface area (Å²) in [7, 11) is 0. The Morgan fingerprint density at radius 2 is 0.373 bits per heavy atom. The molecule has 0 aliphatic carbocycles. The van der Waals surface area contributed by atoms with Gasteiger partial charge in [0.25, 0.3) is 0 Å². The first-order valence-corrected chi connectivity index (χ1v) is 34.9. The van der Waals surface area contributed by atoms with E-state index in [4.69, 9.17) is 0 Å². The minimum atomic E-state index is 1.03. The number of para-hydroxylation sites is 6. The van der Waals surface area contributed by atoms with Crippen LogP contribution >= 0.6 is 0 Å². The van der Waals surface area contributed by atoms with E-state index in [9.17, 15) is 0 Å². The summed E-state index contributed by atoms with van der Waals surface area (Å²) in [6, 6.07) is 140. The molecule has 18 aromatic carbocycles. The Labute approximate surface area is 591 Å². The van der Waals surface area contributed by atoms with Gasteiger partial charge in [-0.2, -0.15) is 0 Å². The van der Waals surface area contributed by atoms with Gasteiger partial charge in [0.15, 0.2) is 0 Å². The summed E-state index contributed by atoms with van der Waals surface area (Å²) in [5.41, 5.74) is 18.1. The molecule has 20 rings (SSSR count). The fourth-order valence-corrected chi connectivity index (χ4v) is 15.4. The van der Waals surface area contributed by atoms with Crippen molar-refractivity contribution < 1.29 is 0 Å². The first kappa shape index (κ1) is 59.6. The van der Waals surface area contributed by atoms with E-state index < -0.39 is 0 Å². The lowest BCUT2D eigenvalue weighted by molar-refractivity contribution is 1.22. The quantitative estimate of drug-likeness (QED) is 0.107. The minimum absolute atomic E-state index is 1.03. The highest BCUT2D eigenvalue weighted by Crippen LogP contribution is 2.46. The molecule has 2 N–H and O–H groups in total. The molecule has 0 fully saturated rings. The third kappa shape index (κ3) is 10.9. The van der Waals surface area contributed by atoms with Crippen LogP contribution in [-0.4, -0.2) is 9.97 Å². The van der Waals surface area contributed by atoms with Crippen LogP contribution in [0.2, 0.25) is 0 Å². The summed E-state index contributed by atoms with van der Waals surface area (Å²) in [5.74, 6) is 2.07. The van der Waals surface area contributed by atoms with E-state index in [-0.39, 0.29) is 0 Å². The topological polar surface area (TPSA) is 44.5 Å². The molecule has 0 aliphatic heterocycles. The van der Waals surface area contributed by atoms with Gasteiger partial charge in [0.1, 0.15) is 11.6 Å². The van der Waals surface area contributed by atoms with Crippen LogP contribution in [0.1, 0.15) is 0 Å². The fourth-order valence-electron chi connectivity index (χ4n) is 15.4. The average Bonchev–Trinajstić information content (AvgIpc) is 0.962. The maximum absolute atomic E-state index is 3.61. The van der Waals surface area contributed by atoms with E-state index in [1.54, 1.807) is 0 Å². The van der Waals surface area contributed by atoms with Crippen LogP contribution in [0.15, 0.2) is 388 Å². The van der Waals surface area contributed by atoms with Crippen LogP contribution in [0.25, 0.3) is 109 Å². The van der Waals surface area contributed by atoms with Gasteiger partial charge in [0.05, 0.1) is 0 Å². The van der Waals surface area contributed by atoms with Gasteiger partial charge >= 0.3 is 0 Å². The van der Waals surface area contributed by atoms with Gasteiger partial charge in [-0.25, -0.2) is 0 Å². The van der Waals surface area contributed by atoms with Crippen LogP contribution in [0.3, 0.4) is 0 Å². The Bertz CT molecular complexity index is 5770. The van der Waals surface area contributed by atoms with Gasteiger partial charge in [0.2, 0.25) is 0 Å². The number of fused-ring (bicyclic) bond motifs is 2. The Balaban J connectivity index is 0.000000147. The van der Waals surface area contributed by atoms with E-state index in [0.717, 1.165) is 79.5 Å². The predicted molar refractivity (Wildman–Crippen MR) is 434 cm³/mol. The number of nitrogens with one attached hydrogen (secondary N) is 2. The lowest BCUT2D eigenvalue weighted by Gasteiger charge is -2.27. The summed E-state index contributed by atoms with van der Waals surface area (Å²) in [6.45, 7) is 0. The Morgan fingerprint density at radius 1 is 0.147 bits per heavy atom. The van der Waals surface area contributed by atoms with Crippen LogP contribution < -0.4 is 19.6 Å². The predicted octanol–water partition coefficient (Wildman–Crippen LogP) is 27.3. The van der Waals surface area contributed by atoms with Crippen molar-refractivity contribution in [2.24, 2.45) is 0 Å². The number of aromatic amines is 2. The molecule has 0 bridgehead atoms. The third-order valence-corrected chi connectivity index (χ3v) is 20.2. The largest absolute Gasteiger partial charge is 0.341 e. The van der Waals surface area contributed by atoms with Crippen molar-refractivity contribution in [3.63, 3.8) is 0 Å². The summed E-state index contributed by atoms with van der Waals surface area (Å²) < 4.78 is 0. The molecule has 6 nitrogen and oxygen atoms in total. The molecule has 20 aromatic rings. The SMILES string of the molecule is c1ccc(N(c2ccc(-c3ccc(N(c4ccccc4)c4cc5ccc6cccc7ccc(c4)c5c67)cc3)cc2)c2cc3ccc4cccc5ccc(c2)c3c45)cc1.c1ccc(N(c2ccc(-c3ccc(N(c4ccccc4)c4cc5ccccc5[nH]4)cc3)cc2)c2cc3ccccc3[nH]2)cc1. The van der Waals surface area contributed by atoms with Crippen molar-refractivity contribution in [3.05, 3.63) is 388 Å². The molecule has 0 amide bonds. The maximum Gasteiger partial charge on any atom is 0.116 e. The van der Waals surface area contributed by atoms with Crippen LogP contribution in [-0.2, 0) is 0 Å². The summed E-state index contributed by atoms with van der Waals surface area (Å²) in [6.07, 6.45) is 0. The van der Waals surface area contributed by atoms with E-state index in [2.05, 4.69) is 418 Å². The number of benzene rings is 18. The van der Waals surface area contributed by atoms with Crippen molar-refractivity contribution in [1.82, 2.24) is 9.97 Å². The van der Waals surface area contributed by atoms with Gasteiger partial charge in [0, 0.05) is 78.7 Å². The number of anilines is 12. The Hall–Kier alpha value is -13.7. The van der Waals surface area contributed by atoms with E-state index in [1.165, 1.54) is 97.7 Å². The minimum Gasteiger partial charge on any atom is -0.341 e. The Morgan fingerprint density at radius 3 is 0.667 bits per heavy atom. The number of aromatic nitrogens is 2. The molecule has 0 spiro atoms. The molecular formula is C96H66N6. The standard InChI is InChI=1S/C56H36N2.C40H30N4/c1-3-13-47(14-4-1)57(51-33-43-21-17-39-9-7-10-40-18-22-44(34-51)55(43)53(39)40)49-29-25-37(26-30-49)38-27-31-50(32-28-38)58(48-15-5-2-6-16-48)52-35-45-23-19-41-11-8-12-42-20-24-46(36-52)56(45)54(41)42;1-3-13-33(14-4-1)43(39-27-31-11-7-9-17-37(31)41-39)35-23-19-29(20-24-35)30-21-25-36(26-22-30)44(34-15-5-2-6-16-34)40-28-32-12-8-10-18-38(32)42-40/h1-36H;1-28,41-42H. The lowest BCUT2D eigenvalue weighted by Crippen LogP contribution is -2.10. The van der Waals surface area contributed by atoms with Crippen LogP contribution in [0, 0.1) is 0 Å². The molecule has 2 heterocycles. The molecular weight excluding hydrogens is 1240 g/mol. The van der Waals surface area contributed by atoms with Gasteiger partial charge < -0.3 is 19.8 Å². The number of nitrogens with zero attached hydrogens (tertiary/aromatic N) is 4. The molecule has 102 heavy (non-hydrogen) atoms. The second kappa shape index (κ2) is 25.3. The third-order valence-electron chi connectivity index (χ3n) is 20.2. The first-order chi connectivity index (χ1) is 50.5. The highest BCUT2D eigenvalue weighted by molar-refractivity contribution is 6.25. The second-order valence-electron chi connectivity index (χ2n) is 26.3. The van der Waals surface area contributed by atoms with E-state index >= 15 is 0 Å². The molecule has 0 saturated heterocycles. The first-order valence-electron chi connectivity index (χ1n) is 34.9. The van der Waals surface area contributed by atoms with Gasteiger partial charge in [-0.1, -0.05) is 243 Å². The number of hydrogen-bond acceptors (Lipinski definition) is 4. The molecule has 480 valence electrons. The monoisotopic (exact) mass is 1300 g/mol. The van der Waals surface area contributed by atoms with Crippen molar-refractivity contribution in [3.8, 4) is 22.3 Å². The number of hydrogen-bond donors (Lipinski definition) is 2. The summed E-state index contributed by atoms with van der Waals surface area (Å²) in [5, 5.41) is 17.9. The summed E-state index contributed by atoms with van der Waals surface area (Å²) >= 11 is 0. The average molecular weight is 1300 g/mol. The molecule has 0 aliphatic rings. The summed E-state index contributed by atoms with van der Waals surface area (Å²) in [4.78, 5) is 16.5. The zero-order chi connectivity index (χ0) is 67.5. The maximum atomic E-state index is 3.61. The van der Waals surface area contributed by atoms with Crippen LogP contribution in [0.4, 0.5) is 68.5 Å². The van der Waals surface area contributed by atoms with Gasteiger partial charge in [-0.3, -0.25) is 9.80 Å². The normalized spacial score (nSPS) is 11.5. The second-order valence-corrected chi connectivity index (χ2v) is 26.3. The zero-order valence-corrected chi connectivity index (χ0v) is 55.7. The highest BCUT2D eigenvalue weighted by Gasteiger charge is 2.22. The van der Waals surface area contributed by atoms with Crippen molar-refractivity contribution in [1.29, 1.82) is 0 Å². The van der Waals surface area contributed by atoms with Gasteiger partial charge in [-0.05, 0) is 232 Å². The van der Waals surface area contributed by atoms with Crippen molar-refractivity contribution in [2.45, 2.75) is 0 Å². The molecule has 0 radical (unpaired) electrons. The van der Waals surface area contributed by atoms with Gasteiger partial charge in [-0.15, -0.1) is 0 Å². The zero-order valence-electron chi connectivity index (χ0n) is 55.7. The molecule has 0 atom stereocenters. The molecule has 0 unspecified atom stereocenters. The number of rotatable bonds is 14. The smallest absolute Gasteiger partial charge is 0.116 e. The highest BCUT2D eigenvalue weighted by atomic mass is 15.2.